The van der Waals surface area contributed by atoms with Gasteiger partial charge in [0.2, 0.25) is 5.91 Å². The van der Waals surface area contributed by atoms with Crippen molar-refractivity contribution in [2.24, 2.45) is 5.92 Å². The number of ether oxygens (including phenoxy) is 1. The first-order valence-corrected chi connectivity index (χ1v) is 16.8. The Balaban J connectivity index is 1.31. The van der Waals surface area contributed by atoms with Crippen molar-refractivity contribution in [1.82, 2.24) is 15.5 Å². The SMILES string of the molecule is CC(C)(C)OC(=O)N1CCC(CNC(=O)CNC(=O)c2ccc(S(=O)(=O)N(Oc3ccc(Cl)cc3Cl)c3ccccc3)cc2)CC1. The second-order valence-corrected chi connectivity index (χ2v) is 14.3. The third-order valence-electron chi connectivity index (χ3n) is 6.94. The maximum Gasteiger partial charge on any atom is 0.410 e. The number of nitrogens with one attached hydrogen (secondary N) is 2. The maximum atomic E-state index is 13.7. The zero-order valence-corrected chi connectivity index (χ0v) is 28.0. The van der Waals surface area contributed by atoms with Crippen molar-refractivity contribution in [2.45, 2.75) is 44.1 Å². The van der Waals surface area contributed by atoms with Gasteiger partial charge in [-0.1, -0.05) is 45.9 Å². The normalized spacial score (nSPS) is 13.9. The van der Waals surface area contributed by atoms with Gasteiger partial charge in [0.15, 0.2) is 5.75 Å². The molecule has 3 aromatic carbocycles. The molecule has 3 aromatic rings. The summed E-state index contributed by atoms with van der Waals surface area (Å²) in [6.45, 7) is 6.72. The van der Waals surface area contributed by atoms with Gasteiger partial charge in [-0.3, -0.25) is 9.59 Å². The fourth-order valence-corrected chi connectivity index (χ4v) is 6.22. The monoisotopic (exact) mass is 690 g/mol. The van der Waals surface area contributed by atoms with Crippen molar-refractivity contribution in [3.05, 3.63) is 88.4 Å². The predicted molar refractivity (Wildman–Crippen MR) is 176 cm³/mol. The molecule has 0 spiro atoms. The number of hydrogen-bond donors (Lipinski definition) is 2. The number of para-hydroxylation sites is 1. The number of likely N-dealkylation sites (tertiary alicyclic amines) is 1. The van der Waals surface area contributed by atoms with Gasteiger partial charge in [0, 0.05) is 30.2 Å². The van der Waals surface area contributed by atoms with Gasteiger partial charge >= 0.3 is 6.09 Å². The minimum Gasteiger partial charge on any atom is -0.444 e. The van der Waals surface area contributed by atoms with Crippen LogP contribution in [0.3, 0.4) is 0 Å². The molecule has 0 radical (unpaired) electrons. The van der Waals surface area contributed by atoms with Gasteiger partial charge in [-0.25, -0.2) is 4.79 Å². The number of hydrogen-bond acceptors (Lipinski definition) is 7. The molecule has 4 rings (SSSR count). The Kier molecular flexibility index (Phi) is 11.4. The van der Waals surface area contributed by atoms with E-state index in [-0.39, 0.29) is 51.4 Å². The molecule has 46 heavy (non-hydrogen) atoms. The zero-order chi connectivity index (χ0) is 33.5. The lowest BCUT2D eigenvalue weighted by molar-refractivity contribution is -0.120. The van der Waals surface area contributed by atoms with Crippen molar-refractivity contribution >= 4 is 56.8 Å². The lowest BCUT2D eigenvalue weighted by Crippen LogP contribution is -2.44. The lowest BCUT2D eigenvalue weighted by Gasteiger charge is -2.33. The van der Waals surface area contributed by atoms with Crippen molar-refractivity contribution < 1.29 is 32.4 Å². The van der Waals surface area contributed by atoms with Crippen LogP contribution < -0.4 is 19.9 Å². The summed E-state index contributed by atoms with van der Waals surface area (Å²) >= 11 is 12.2. The van der Waals surface area contributed by atoms with Gasteiger partial charge in [-0.2, -0.15) is 8.42 Å². The fraction of sp³-hybridized carbons (Fsp3) is 0.344. The number of rotatable bonds is 10. The molecule has 11 nitrogen and oxygen atoms in total. The first-order valence-electron chi connectivity index (χ1n) is 14.6. The van der Waals surface area contributed by atoms with E-state index in [9.17, 15) is 22.8 Å². The first kappa shape index (κ1) is 34.9. The highest BCUT2D eigenvalue weighted by molar-refractivity contribution is 7.92. The molecule has 0 atom stereocenters. The summed E-state index contributed by atoms with van der Waals surface area (Å²) < 4.78 is 33.5. The summed E-state index contributed by atoms with van der Waals surface area (Å²) in [6, 6.07) is 17.8. The number of sulfonamides is 1. The molecule has 246 valence electrons. The van der Waals surface area contributed by atoms with Gasteiger partial charge in [0.25, 0.3) is 15.9 Å². The zero-order valence-electron chi connectivity index (χ0n) is 25.7. The average Bonchev–Trinajstić information content (AvgIpc) is 3.02. The lowest BCUT2D eigenvalue weighted by atomic mass is 9.97. The van der Waals surface area contributed by atoms with Crippen LogP contribution in [0.4, 0.5) is 10.5 Å². The second-order valence-electron chi connectivity index (χ2n) is 11.7. The maximum absolute atomic E-state index is 13.7. The number of carbonyl (C=O) groups excluding carboxylic acids is 3. The van der Waals surface area contributed by atoms with Crippen molar-refractivity contribution in [1.29, 1.82) is 0 Å². The van der Waals surface area contributed by atoms with Crippen LogP contribution >= 0.6 is 23.2 Å². The van der Waals surface area contributed by atoms with E-state index < -0.39 is 21.5 Å². The standard InChI is InChI=1S/C32H36Cl2N4O7S/c1-32(2,3)44-31(41)37-17-15-22(16-18-37)20-35-29(39)21-36-30(40)23-9-12-26(13-10-23)46(42,43)38(25-7-5-4-6-8-25)45-28-14-11-24(33)19-27(28)34/h4-14,19,22H,15-18,20-21H2,1-3H3,(H,35,39)(H,36,40). The van der Waals surface area contributed by atoms with Crippen LogP contribution in [-0.4, -0.2) is 63.0 Å². The Labute approximate surface area is 278 Å². The van der Waals surface area contributed by atoms with Crippen molar-refractivity contribution in [3.63, 3.8) is 0 Å². The molecule has 1 fully saturated rings. The summed E-state index contributed by atoms with van der Waals surface area (Å²) in [5.41, 5.74) is -0.178. The molecule has 2 N–H and O–H groups in total. The molecule has 0 aromatic heterocycles. The Morgan fingerprint density at radius 3 is 2.20 bits per heavy atom. The van der Waals surface area contributed by atoms with Gasteiger partial charge in [0.05, 0.1) is 22.2 Å². The predicted octanol–water partition coefficient (Wildman–Crippen LogP) is 5.68. The molecule has 0 unspecified atom stereocenters. The van der Waals surface area contributed by atoms with Gasteiger partial charge in [-0.15, -0.1) is 0 Å². The third-order valence-corrected chi connectivity index (χ3v) is 9.06. The van der Waals surface area contributed by atoms with Crippen LogP contribution in [0, 0.1) is 5.92 Å². The topological polar surface area (TPSA) is 134 Å². The summed E-state index contributed by atoms with van der Waals surface area (Å²) in [6.07, 6.45) is 1.11. The molecule has 1 heterocycles. The number of amides is 3. The number of benzene rings is 3. The molecule has 0 saturated carbocycles. The van der Waals surface area contributed by atoms with E-state index in [2.05, 4.69) is 10.6 Å². The molecule has 0 aliphatic carbocycles. The van der Waals surface area contributed by atoms with Crippen LogP contribution in [0.25, 0.3) is 0 Å². The van der Waals surface area contributed by atoms with E-state index in [1.54, 1.807) is 35.2 Å². The number of halogens is 2. The van der Waals surface area contributed by atoms with E-state index in [0.29, 0.717) is 24.7 Å². The van der Waals surface area contributed by atoms with Gasteiger partial charge in [0.1, 0.15) is 5.60 Å². The summed E-state index contributed by atoms with van der Waals surface area (Å²) in [5, 5.41) is 5.84. The summed E-state index contributed by atoms with van der Waals surface area (Å²) in [5.74, 6) is -0.644. The third kappa shape index (κ3) is 9.51. The fourth-order valence-electron chi connectivity index (χ4n) is 4.53. The number of carbonyl (C=O) groups is 3. The highest BCUT2D eigenvalue weighted by atomic mass is 35.5. The highest BCUT2D eigenvalue weighted by Gasteiger charge is 2.29. The Morgan fingerprint density at radius 1 is 0.935 bits per heavy atom. The van der Waals surface area contributed by atoms with Crippen LogP contribution in [-0.2, 0) is 19.6 Å². The van der Waals surface area contributed by atoms with Crippen LogP contribution in [0.15, 0.2) is 77.7 Å². The molecule has 3 amide bonds. The molecule has 1 aliphatic rings. The van der Waals surface area contributed by atoms with Crippen LogP contribution in [0.2, 0.25) is 10.0 Å². The Bertz CT molecular complexity index is 1640. The summed E-state index contributed by atoms with van der Waals surface area (Å²) in [4.78, 5) is 44.7. The number of anilines is 1. The molecule has 0 bridgehead atoms. The quantitative estimate of drug-likeness (QED) is 0.262. The van der Waals surface area contributed by atoms with E-state index in [0.717, 1.165) is 17.3 Å². The second kappa shape index (κ2) is 15.1. The van der Waals surface area contributed by atoms with Crippen molar-refractivity contribution in [2.75, 3.05) is 30.6 Å². The van der Waals surface area contributed by atoms with E-state index >= 15 is 0 Å². The van der Waals surface area contributed by atoms with Gasteiger partial charge in [-0.05, 0) is 94.1 Å². The number of nitrogens with zero attached hydrogens (tertiary/aromatic N) is 2. The van der Waals surface area contributed by atoms with E-state index in [4.69, 9.17) is 32.8 Å². The average molecular weight is 692 g/mol. The molecule has 1 saturated heterocycles. The smallest absolute Gasteiger partial charge is 0.410 e. The minimum absolute atomic E-state index is 0.0685. The number of piperidine rings is 1. The Morgan fingerprint density at radius 2 is 1.59 bits per heavy atom. The van der Waals surface area contributed by atoms with Crippen LogP contribution in [0.5, 0.6) is 5.75 Å². The van der Waals surface area contributed by atoms with Crippen molar-refractivity contribution in [3.8, 4) is 5.75 Å². The first-order chi connectivity index (χ1) is 21.7. The summed E-state index contributed by atoms with van der Waals surface area (Å²) in [7, 11) is -4.29. The van der Waals surface area contributed by atoms with Gasteiger partial charge < -0.3 is 25.1 Å². The molecule has 14 heteroatoms. The molecular weight excluding hydrogens is 655 g/mol. The van der Waals surface area contributed by atoms with Crippen LogP contribution in [0.1, 0.15) is 44.0 Å². The molecule has 1 aliphatic heterocycles. The van der Waals surface area contributed by atoms with E-state index in [1.807, 2.05) is 20.8 Å². The Hall–Kier alpha value is -4.00. The largest absolute Gasteiger partial charge is 0.444 e. The highest BCUT2D eigenvalue weighted by Crippen LogP contribution is 2.32. The van der Waals surface area contributed by atoms with E-state index in [1.165, 1.54) is 42.5 Å². The molecular formula is C32H36Cl2N4O7S. The minimum atomic E-state index is -4.29.